The molecule has 0 aromatic heterocycles. The van der Waals surface area contributed by atoms with Crippen LogP contribution in [0.15, 0.2) is 11.6 Å². The molecule has 0 bridgehead atoms. The van der Waals surface area contributed by atoms with Crippen LogP contribution in [0.3, 0.4) is 0 Å². The van der Waals surface area contributed by atoms with Crippen LogP contribution in [-0.2, 0) is 14.5 Å². The maximum absolute atomic E-state index is 10.9. The quantitative estimate of drug-likeness (QED) is 0.384. The fourth-order valence-electron chi connectivity index (χ4n) is 0.754. The van der Waals surface area contributed by atoms with Gasteiger partial charge >= 0.3 is 11.9 Å². The maximum atomic E-state index is 10.9. The summed E-state index contributed by atoms with van der Waals surface area (Å²) in [4.78, 5) is 24.7. The molecule has 0 fully saturated rings. The lowest BCUT2D eigenvalue weighted by molar-refractivity contribution is -0.230. The topological polar surface area (TPSA) is 83.8 Å². The lowest BCUT2D eigenvalue weighted by atomic mass is 9.86. The third kappa shape index (κ3) is 3.71. The largest absolute Gasteiger partial charge is 0.478 e. The smallest absolute Gasteiger partial charge is 0.369 e. The average Bonchev–Trinajstić information content (AvgIpc) is 1.96. The van der Waals surface area contributed by atoms with E-state index in [1.165, 1.54) is 0 Å². The van der Waals surface area contributed by atoms with Gasteiger partial charge in [-0.1, -0.05) is 20.8 Å². The summed E-state index contributed by atoms with van der Waals surface area (Å²) >= 11 is 0. The van der Waals surface area contributed by atoms with E-state index in [0.29, 0.717) is 0 Å². The van der Waals surface area contributed by atoms with Gasteiger partial charge in [-0.3, -0.25) is 4.89 Å². The summed E-state index contributed by atoms with van der Waals surface area (Å²) in [6.45, 7) is 4.91. The highest BCUT2D eigenvalue weighted by Gasteiger charge is 2.26. The predicted molar refractivity (Wildman–Crippen MR) is 43.9 cm³/mol. The first-order chi connectivity index (χ1) is 5.79. The zero-order chi connectivity index (χ0) is 10.6. The lowest BCUT2D eigenvalue weighted by Gasteiger charge is -2.18. The van der Waals surface area contributed by atoms with Gasteiger partial charge in [0.2, 0.25) is 0 Å². The zero-order valence-electron chi connectivity index (χ0n) is 7.70. The molecule has 0 aliphatic carbocycles. The zero-order valence-corrected chi connectivity index (χ0v) is 7.70. The predicted octanol–water partition coefficient (Wildman–Crippen LogP) is 1.06. The summed E-state index contributed by atoms with van der Waals surface area (Å²) in [6, 6.07) is 0. The van der Waals surface area contributed by atoms with E-state index in [0.717, 1.165) is 6.08 Å². The molecule has 74 valence electrons. The van der Waals surface area contributed by atoms with Crippen LogP contribution in [0.4, 0.5) is 0 Å². The van der Waals surface area contributed by atoms with Crippen LogP contribution in [0, 0.1) is 5.41 Å². The Kier molecular flexibility index (Phi) is 3.62. The highest BCUT2D eigenvalue weighted by Crippen LogP contribution is 2.25. The highest BCUT2D eigenvalue weighted by atomic mass is 17.1. The Bertz CT molecular complexity index is 246. The molecule has 0 aliphatic rings. The fourth-order valence-corrected chi connectivity index (χ4v) is 0.754. The second-order valence-corrected chi connectivity index (χ2v) is 3.52. The fraction of sp³-hybridized carbons (Fsp3) is 0.500. The molecule has 0 unspecified atom stereocenters. The van der Waals surface area contributed by atoms with E-state index in [2.05, 4.69) is 4.89 Å². The van der Waals surface area contributed by atoms with Crippen LogP contribution in [0.2, 0.25) is 0 Å². The van der Waals surface area contributed by atoms with Gasteiger partial charge in [-0.05, 0) is 5.41 Å². The molecule has 0 saturated heterocycles. The normalized spacial score (nSPS) is 12.5. The van der Waals surface area contributed by atoms with Crippen molar-refractivity contribution in [2.24, 2.45) is 5.41 Å². The molecule has 5 heteroatoms. The minimum absolute atomic E-state index is 0.0949. The number of hydrogen-bond acceptors (Lipinski definition) is 4. The van der Waals surface area contributed by atoms with Gasteiger partial charge in [-0.25, -0.2) is 9.59 Å². The monoisotopic (exact) mass is 188 g/mol. The van der Waals surface area contributed by atoms with Gasteiger partial charge in [0.05, 0.1) is 5.57 Å². The SMILES string of the molecule is CC(C)(C)/C(=C\C(=O)O)C(=O)OO. The van der Waals surface area contributed by atoms with Gasteiger partial charge in [0.1, 0.15) is 0 Å². The van der Waals surface area contributed by atoms with Gasteiger partial charge in [-0.15, -0.1) is 0 Å². The number of carboxylic acid groups (broad SMARTS) is 1. The summed E-state index contributed by atoms with van der Waals surface area (Å²) in [7, 11) is 0. The Morgan fingerprint density at radius 3 is 2.00 bits per heavy atom. The number of hydrogen-bond donors (Lipinski definition) is 2. The van der Waals surface area contributed by atoms with E-state index in [1.54, 1.807) is 20.8 Å². The molecule has 2 N–H and O–H groups in total. The van der Waals surface area contributed by atoms with E-state index in [-0.39, 0.29) is 5.57 Å². The molecule has 0 aromatic rings. The van der Waals surface area contributed by atoms with Crippen molar-refractivity contribution in [3.63, 3.8) is 0 Å². The number of carboxylic acids is 1. The summed E-state index contributed by atoms with van der Waals surface area (Å²) in [6.07, 6.45) is 0.721. The highest BCUT2D eigenvalue weighted by molar-refractivity contribution is 5.96. The summed E-state index contributed by atoms with van der Waals surface area (Å²) in [5, 5.41) is 16.5. The molecule has 0 aromatic carbocycles. The summed E-state index contributed by atoms with van der Waals surface area (Å²) in [5.41, 5.74) is -0.777. The van der Waals surface area contributed by atoms with Gasteiger partial charge in [0, 0.05) is 6.08 Å². The van der Waals surface area contributed by atoms with Crippen LogP contribution in [0.1, 0.15) is 20.8 Å². The minimum atomic E-state index is -1.25. The second kappa shape index (κ2) is 4.04. The first kappa shape index (κ1) is 11.6. The third-order valence-corrected chi connectivity index (χ3v) is 1.38. The Labute approximate surface area is 75.6 Å². The van der Waals surface area contributed by atoms with E-state index in [9.17, 15) is 9.59 Å². The van der Waals surface area contributed by atoms with E-state index in [4.69, 9.17) is 10.4 Å². The third-order valence-electron chi connectivity index (χ3n) is 1.38. The Hall–Kier alpha value is -1.36. The van der Waals surface area contributed by atoms with E-state index < -0.39 is 17.4 Å². The van der Waals surface area contributed by atoms with Crippen molar-refractivity contribution in [1.82, 2.24) is 0 Å². The molecule has 0 heterocycles. The van der Waals surface area contributed by atoms with Crippen molar-refractivity contribution in [3.05, 3.63) is 11.6 Å². The molecule has 0 atom stereocenters. The molecule has 13 heavy (non-hydrogen) atoms. The van der Waals surface area contributed by atoms with Gasteiger partial charge < -0.3 is 5.11 Å². The number of aliphatic carboxylic acids is 1. The van der Waals surface area contributed by atoms with Gasteiger partial charge in [-0.2, -0.15) is 5.26 Å². The Morgan fingerprint density at radius 2 is 1.77 bits per heavy atom. The Balaban J connectivity index is 4.99. The van der Waals surface area contributed by atoms with Crippen LogP contribution in [0.25, 0.3) is 0 Å². The molecule has 0 aliphatic heterocycles. The Morgan fingerprint density at radius 1 is 1.31 bits per heavy atom. The van der Waals surface area contributed by atoms with Gasteiger partial charge in [0.15, 0.2) is 0 Å². The van der Waals surface area contributed by atoms with Crippen molar-refractivity contribution in [2.75, 3.05) is 0 Å². The standard InChI is InChI=1S/C8H12O5/c1-8(2,3)5(4-6(9)10)7(11)13-12/h4,12H,1-3H3,(H,9,10)/b5-4-. The molecule has 0 radical (unpaired) electrons. The van der Waals surface area contributed by atoms with E-state index >= 15 is 0 Å². The molecule has 0 saturated carbocycles. The number of carbonyl (C=O) groups is 2. The molecule has 0 amide bonds. The van der Waals surface area contributed by atoms with Crippen molar-refractivity contribution in [1.29, 1.82) is 0 Å². The van der Waals surface area contributed by atoms with Crippen LogP contribution in [0.5, 0.6) is 0 Å². The van der Waals surface area contributed by atoms with Crippen LogP contribution >= 0.6 is 0 Å². The first-order valence-electron chi connectivity index (χ1n) is 3.60. The summed E-state index contributed by atoms with van der Waals surface area (Å²) in [5.74, 6) is -2.30. The van der Waals surface area contributed by atoms with Crippen molar-refractivity contribution < 1.29 is 24.8 Å². The van der Waals surface area contributed by atoms with Crippen molar-refractivity contribution in [2.45, 2.75) is 20.8 Å². The van der Waals surface area contributed by atoms with Crippen molar-refractivity contribution >= 4 is 11.9 Å². The van der Waals surface area contributed by atoms with Crippen LogP contribution < -0.4 is 0 Å². The molecule has 0 spiro atoms. The van der Waals surface area contributed by atoms with Crippen LogP contribution in [-0.4, -0.2) is 22.3 Å². The summed E-state index contributed by atoms with van der Waals surface area (Å²) < 4.78 is 0. The lowest BCUT2D eigenvalue weighted by Crippen LogP contribution is -2.20. The van der Waals surface area contributed by atoms with Crippen molar-refractivity contribution in [3.8, 4) is 0 Å². The molecule has 5 nitrogen and oxygen atoms in total. The average molecular weight is 188 g/mol. The van der Waals surface area contributed by atoms with E-state index in [1.807, 2.05) is 0 Å². The molecular weight excluding hydrogens is 176 g/mol. The number of carbonyl (C=O) groups excluding carboxylic acids is 1. The van der Waals surface area contributed by atoms with Gasteiger partial charge in [0.25, 0.3) is 0 Å². The maximum Gasteiger partial charge on any atom is 0.369 e. The first-order valence-corrected chi connectivity index (χ1v) is 3.60. The second-order valence-electron chi connectivity index (χ2n) is 3.52. The number of rotatable bonds is 2. The molecule has 0 rings (SSSR count). The molecular formula is C8H12O5. The minimum Gasteiger partial charge on any atom is -0.478 e.